The topological polar surface area (TPSA) is 119 Å². The summed E-state index contributed by atoms with van der Waals surface area (Å²) in [5.74, 6) is -0.932. The third-order valence-corrected chi connectivity index (χ3v) is 9.03. The molecule has 2 N–H and O–H groups in total. The Morgan fingerprint density at radius 2 is 0.936 bits per heavy atom. The Morgan fingerprint density at radius 3 is 1.38 bits per heavy atom. The molecule has 0 unspecified atom stereocenters. The van der Waals surface area contributed by atoms with Crippen LogP contribution in [-0.2, 0) is 28.2 Å². The molecule has 0 aliphatic carbocycles. The van der Waals surface area contributed by atoms with E-state index < -0.39 is 32.5 Å². The van der Waals surface area contributed by atoms with Gasteiger partial charge in [-0.25, -0.2) is 4.57 Å². The van der Waals surface area contributed by atoms with Gasteiger partial charge < -0.3 is 19.3 Å². The van der Waals surface area contributed by atoms with Crippen molar-refractivity contribution in [2.75, 3.05) is 13.2 Å². The summed E-state index contributed by atoms with van der Waals surface area (Å²) in [5, 5.41) is 0. The van der Waals surface area contributed by atoms with Gasteiger partial charge in [-0.15, -0.1) is 0 Å². The number of ether oxygens (including phenoxy) is 2. The highest BCUT2D eigenvalue weighted by Gasteiger charge is 2.22. The first kappa shape index (κ1) is 45.8. The lowest BCUT2D eigenvalue weighted by atomic mass is 10.0. The van der Waals surface area contributed by atoms with Crippen LogP contribution in [0.1, 0.15) is 200 Å². The molecule has 0 heterocycles. The molecule has 0 saturated carbocycles. The zero-order chi connectivity index (χ0) is 34.7. The lowest BCUT2D eigenvalue weighted by molar-refractivity contribution is -0.161. The van der Waals surface area contributed by atoms with Gasteiger partial charge in [-0.2, -0.15) is 0 Å². The molecular formula is C38H73O8P. The second-order valence-electron chi connectivity index (χ2n) is 13.3. The molecule has 0 aromatic carbocycles. The minimum atomic E-state index is -4.75. The molecule has 8 nitrogen and oxygen atoms in total. The highest BCUT2D eigenvalue weighted by atomic mass is 31.2. The summed E-state index contributed by atoms with van der Waals surface area (Å²) >= 11 is 0. The quantitative estimate of drug-likeness (QED) is 0.0289. The Kier molecular flexibility index (Phi) is 33.8. The van der Waals surface area contributed by atoms with E-state index in [2.05, 4.69) is 24.4 Å². The zero-order valence-corrected chi connectivity index (χ0v) is 31.3. The maximum absolute atomic E-state index is 12.3. The minimum absolute atomic E-state index is 0.133. The van der Waals surface area contributed by atoms with Crippen molar-refractivity contribution in [3.05, 3.63) is 12.2 Å². The Bertz CT molecular complexity index is 782. The van der Waals surface area contributed by atoms with Crippen molar-refractivity contribution in [2.24, 2.45) is 0 Å². The van der Waals surface area contributed by atoms with E-state index >= 15 is 0 Å². The SMILES string of the molecule is CCCCCCCCCCCCC/C=C/CCC(=O)O[C@H](COC(=O)CCCCCCCCCCCCCCCC)COP(=O)(O)O. The highest BCUT2D eigenvalue weighted by Crippen LogP contribution is 2.36. The van der Waals surface area contributed by atoms with Gasteiger partial charge in [0.2, 0.25) is 0 Å². The lowest BCUT2D eigenvalue weighted by Gasteiger charge is -2.18. The third kappa shape index (κ3) is 37.5. The number of hydrogen-bond acceptors (Lipinski definition) is 6. The molecule has 278 valence electrons. The fourth-order valence-corrected chi connectivity index (χ4v) is 5.99. The van der Waals surface area contributed by atoms with Crippen molar-refractivity contribution in [3.8, 4) is 0 Å². The summed E-state index contributed by atoms with van der Waals surface area (Å²) < 4.78 is 26.3. The Labute approximate surface area is 288 Å². The highest BCUT2D eigenvalue weighted by molar-refractivity contribution is 7.46. The monoisotopic (exact) mass is 689 g/mol. The molecule has 0 fully saturated rings. The van der Waals surface area contributed by atoms with Crippen LogP contribution < -0.4 is 0 Å². The number of allylic oxidation sites excluding steroid dienone is 2. The molecule has 47 heavy (non-hydrogen) atoms. The summed E-state index contributed by atoms with van der Waals surface area (Å²) in [6.45, 7) is 3.66. The zero-order valence-electron chi connectivity index (χ0n) is 30.4. The predicted molar refractivity (Wildman–Crippen MR) is 193 cm³/mol. The summed E-state index contributed by atoms with van der Waals surface area (Å²) in [7, 11) is -4.75. The van der Waals surface area contributed by atoms with Gasteiger partial charge in [-0.3, -0.25) is 14.1 Å². The Balaban J connectivity index is 3.96. The smallest absolute Gasteiger partial charge is 0.462 e. The van der Waals surface area contributed by atoms with Crippen LogP contribution in [0.15, 0.2) is 12.2 Å². The van der Waals surface area contributed by atoms with Crippen LogP contribution in [0.25, 0.3) is 0 Å². The molecule has 0 rings (SSSR count). The van der Waals surface area contributed by atoms with Crippen molar-refractivity contribution in [3.63, 3.8) is 0 Å². The number of esters is 2. The average Bonchev–Trinajstić information content (AvgIpc) is 3.03. The predicted octanol–water partition coefficient (Wildman–Crippen LogP) is 11.5. The van der Waals surface area contributed by atoms with Crippen molar-refractivity contribution >= 4 is 19.8 Å². The van der Waals surface area contributed by atoms with Crippen LogP contribution in [0, 0.1) is 0 Å². The molecule has 0 amide bonds. The first-order valence-electron chi connectivity index (χ1n) is 19.5. The largest absolute Gasteiger partial charge is 0.469 e. The van der Waals surface area contributed by atoms with Gasteiger partial charge in [0.1, 0.15) is 6.61 Å². The van der Waals surface area contributed by atoms with Gasteiger partial charge in [0.05, 0.1) is 6.61 Å². The van der Waals surface area contributed by atoms with Gasteiger partial charge in [0.25, 0.3) is 0 Å². The second kappa shape index (κ2) is 34.6. The van der Waals surface area contributed by atoms with Gasteiger partial charge in [-0.1, -0.05) is 174 Å². The van der Waals surface area contributed by atoms with Crippen molar-refractivity contribution < 1.29 is 37.9 Å². The first-order chi connectivity index (χ1) is 22.8. The molecule has 0 saturated heterocycles. The number of unbranched alkanes of at least 4 members (excludes halogenated alkanes) is 24. The molecule has 0 aliphatic heterocycles. The molecule has 0 aromatic rings. The van der Waals surface area contributed by atoms with Gasteiger partial charge >= 0.3 is 19.8 Å². The number of phosphoric acid groups is 1. The third-order valence-electron chi connectivity index (χ3n) is 8.55. The number of carbonyl (C=O) groups is 2. The van der Waals surface area contributed by atoms with Gasteiger partial charge in [0, 0.05) is 12.8 Å². The van der Waals surface area contributed by atoms with Crippen molar-refractivity contribution in [2.45, 2.75) is 206 Å². The fourth-order valence-electron chi connectivity index (χ4n) is 5.63. The van der Waals surface area contributed by atoms with Crippen LogP contribution in [0.5, 0.6) is 0 Å². The molecule has 0 aromatic heterocycles. The maximum atomic E-state index is 12.3. The first-order valence-corrected chi connectivity index (χ1v) is 21.0. The number of carbonyl (C=O) groups excluding carboxylic acids is 2. The Hall–Kier alpha value is -1.21. The van der Waals surface area contributed by atoms with E-state index in [9.17, 15) is 14.2 Å². The summed E-state index contributed by atoms with van der Waals surface area (Å²) in [5.41, 5.74) is 0. The van der Waals surface area contributed by atoms with Crippen LogP contribution >= 0.6 is 7.82 Å². The van der Waals surface area contributed by atoms with E-state index in [4.69, 9.17) is 19.3 Å². The molecular weight excluding hydrogens is 615 g/mol. The molecule has 0 radical (unpaired) electrons. The van der Waals surface area contributed by atoms with Crippen molar-refractivity contribution in [1.82, 2.24) is 0 Å². The molecule has 0 bridgehead atoms. The molecule has 0 spiro atoms. The molecule has 9 heteroatoms. The van der Waals surface area contributed by atoms with Crippen LogP contribution in [0.3, 0.4) is 0 Å². The van der Waals surface area contributed by atoms with Crippen LogP contribution in [0.4, 0.5) is 0 Å². The van der Waals surface area contributed by atoms with Gasteiger partial charge in [0.15, 0.2) is 6.10 Å². The molecule has 0 aliphatic rings. The fraction of sp³-hybridized carbons (Fsp3) is 0.895. The van der Waals surface area contributed by atoms with E-state index in [1.54, 1.807) is 0 Å². The number of rotatable bonds is 36. The second-order valence-corrected chi connectivity index (χ2v) is 14.5. The van der Waals surface area contributed by atoms with Crippen molar-refractivity contribution in [1.29, 1.82) is 0 Å². The van der Waals surface area contributed by atoms with E-state index in [-0.39, 0.29) is 19.4 Å². The summed E-state index contributed by atoms with van der Waals surface area (Å²) in [6, 6.07) is 0. The van der Waals surface area contributed by atoms with Crippen LogP contribution in [-0.4, -0.2) is 41.0 Å². The summed E-state index contributed by atoms with van der Waals surface area (Å²) in [6.07, 6.45) is 36.6. The molecule has 1 atom stereocenters. The van der Waals surface area contributed by atoms with E-state index in [1.807, 2.05) is 6.08 Å². The standard InChI is InChI=1S/C38H73O8P/c1-3-5-7-9-11-13-15-17-19-21-23-25-27-29-31-33-38(40)46-36(35-45-47(41,42)43)34-44-37(39)32-30-28-26-24-22-20-18-16-14-12-10-8-6-4-2/h27,29,36H,3-26,28,30-35H2,1-2H3,(H2,41,42,43)/b29-27+/t36-/m1/s1. The van der Waals surface area contributed by atoms with E-state index in [0.29, 0.717) is 6.42 Å². The summed E-state index contributed by atoms with van der Waals surface area (Å²) in [4.78, 5) is 42.7. The minimum Gasteiger partial charge on any atom is -0.462 e. The Morgan fingerprint density at radius 1 is 0.532 bits per heavy atom. The van der Waals surface area contributed by atoms with E-state index in [0.717, 1.165) is 32.1 Å². The van der Waals surface area contributed by atoms with Gasteiger partial charge in [-0.05, 0) is 25.7 Å². The average molecular weight is 689 g/mol. The van der Waals surface area contributed by atoms with E-state index in [1.165, 1.54) is 135 Å². The lowest BCUT2D eigenvalue weighted by Crippen LogP contribution is -2.29. The maximum Gasteiger partial charge on any atom is 0.469 e. The van der Waals surface area contributed by atoms with Crippen LogP contribution in [0.2, 0.25) is 0 Å². The normalized spacial score (nSPS) is 12.5. The number of phosphoric ester groups is 1. The number of hydrogen-bond donors (Lipinski definition) is 2.